The average molecular weight is 211 g/mol. The zero-order valence-corrected chi connectivity index (χ0v) is 8.93. The molecule has 1 aromatic rings. The molecule has 1 aliphatic heterocycles. The third-order valence-electron chi connectivity index (χ3n) is 3.12. The van der Waals surface area contributed by atoms with Gasteiger partial charge in [-0.05, 0) is 31.9 Å². The van der Waals surface area contributed by atoms with Crippen molar-refractivity contribution in [2.45, 2.75) is 38.3 Å². The summed E-state index contributed by atoms with van der Waals surface area (Å²) >= 11 is 0. The third-order valence-corrected chi connectivity index (χ3v) is 3.12. The van der Waals surface area contributed by atoms with Gasteiger partial charge >= 0.3 is 0 Å². The number of hydrogen-bond acceptors (Lipinski definition) is 1. The smallest absolute Gasteiger partial charge is 0.129 e. The Bertz CT molecular complexity index is 365. The first kappa shape index (κ1) is 10.6. The van der Waals surface area contributed by atoms with Crippen LogP contribution in [0.5, 0.6) is 0 Å². The number of nitrogens with one attached hydrogen (secondary N) is 1. The van der Waals surface area contributed by atoms with E-state index in [0.717, 1.165) is 12.5 Å². The average Bonchev–Trinajstić information content (AvgIpc) is 2.45. The van der Waals surface area contributed by atoms with Crippen LogP contribution in [-0.2, 0) is 0 Å². The second-order valence-electron chi connectivity index (χ2n) is 4.36. The van der Waals surface area contributed by atoms with Gasteiger partial charge in [-0.2, -0.15) is 0 Å². The van der Waals surface area contributed by atoms with Gasteiger partial charge in [-0.15, -0.1) is 0 Å². The highest BCUT2D eigenvalue weighted by Gasteiger charge is 2.30. The summed E-state index contributed by atoms with van der Waals surface area (Å²) in [5.41, 5.74) is 0.626. The second kappa shape index (κ2) is 3.89. The molecule has 3 unspecified atom stereocenters. The normalized spacial score (nSPS) is 30.8. The molecule has 3 atom stereocenters. The Balaban J connectivity index is 2.29. The summed E-state index contributed by atoms with van der Waals surface area (Å²) in [4.78, 5) is 0. The van der Waals surface area contributed by atoms with Gasteiger partial charge in [-0.3, -0.25) is 0 Å². The fraction of sp³-hybridized carbons (Fsp3) is 0.500. The van der Waals surface area contributed by atoms with Crippen LogP contribution in [0.2, 0.25) is 0 Å². The van der Waals surface area contributed by atoms with E-state index in [1.807, 2.05) is 6.92 Å². The summed E-state index contributed by atoms with van der Waals surface area (Å²) in [5.74, 6) is -0.786. The summed E-state index contributed by atoms with van der Waals surface area (Å²) in [6, 6.07) is 4.50. The van der Waals surface area contributed by atoms with E-state index in [1.54, 1.807) is 6.07 Å². The largest absolute Gasteiger partial charge is 0.311 e. The Kier molecular flexibility index (Phi) is 2.74. The highest BCUT2D eigenvalue weighted by atomic mass is 19.1. The summed E-state index contributed by atoms with van der Waals surface area (Å²) < 4.78 is 26.3. The minimum absolute atomic E-state index is 0.153. The van der Waals surface area contributed by atoms with Crippen LogP contribution >= 0.6 is 0 Å². The molecule has 3 heteroatoms. The molecule has 1 N–H and O–H groups in total. The van der Waals surface area contributed by atoms with Crippen molar-refractivity contribution in [2.75, 3.05) is 0 Å². The summed E-state index contributed by atoms with van der Waals surface area (Å²) in [5, 5.41) is 3.35. The number of rotatable bonds is 1. The van der Waals surface area contributed by atoms with Crippen molar-refractivity contribution in [3.8, 4) is 0 Å². The molecule has 0 aliphatic carbocycles. The van der Waals surface area contributed by atoms with E-state index in [9.17, 15) is 8.78 Å². The fourth-order valence-electron chi connectivity index (χ4n) is 2.42. The highest BCUT2D eigenvalue weighted by Crippen LogP contribution is 2.32. The lowest BCUT2D eigenvalue weighted by Crippen LogP contribution is -2.26. The monoisotopic (exact) mass is 211 g/mol. The molecule has 1 heterocycles. The predicted octanol–water partition coefficient (Wildman–Crippen LogP) is 2.82. The van der Waals surface area contributed by atoms with Crippen LogP contribution in [-0.4, -0.2) is 12.1 Å². The van der Waals surface area contributed by atoms with Crippen molar-refractivity contribution in [1.29, 1.82) is 0 Å². The lowest BCUT2D eigenvalue weighted by atomic mass is 9.91. The molecule has 0 radical (unpaired) electrons. The maximum atomic E-state index is 13.5. The standard InChI is InChI=1S/C12H15F2N/c1-7-5-11(8(2)15-7)10-4-3-9(13)6-12(10)14/h3-4,6-8,11,15H,5H2,1-2H3. The van der Waals surface area contributed by atoms with Gasteiger partial charge < -0.3 is 5.32 Å². The summed E-state index contributed by atoms with van der Waals surface area (Å²) in [6.45, 7) is 4.12. The van der Waals surface area contributed by atoms with E-state index >= 15 is 0 Å². The van der Waals surface area contributed by atoms with Gasteiger partial charge in [0.2, 0.25) is 0 Å². The first-order valence-corrected chi connectivity index (χ1v) is 5.29. The van der Waals surface area contributed by atoms with Crippen molar-refractivity contribution < 1.29 is 8.78 Å². The van der Waals surface area contributed by atoms with Crippen molar-refractivity contribution in [3.63, 3.8) is 0 Å². The van der Waals surface area contributed by atoms with E-state index in [2.05, 4.69) is 12.2 Å². The lowest BCUT2D eigenvalue weighted by Gasteiger charge is -2.15. The summed E-state index contributed by atoms with van der Waals surface area (Å²) in [7, 11) is 0. The van der Waals surface area contributed by atoms with E-state index in [-0.39, 0.29) is 12.0 Å². The van der Waals surface area contributed by atoms with E-state index in [1.165, 1.54) is 6.07 Å². The predicted molar refractivity (Wildman–Crippen MR) is 55.8 cm³/mol. The Labute approximate surface area is 88.5 Å². The van der Waals surface area contributed by atoms with Gasteiger partial charge in [-0.25, -0.2) is 8.78 Å². The maximum Gasteiger partial charge on any atom is 0.129 e. The molecule has 1 saturated heterocycles. The van der Waals surface area contributed by atoms with Crippen molar-refractivity contribution in [2.24, 2.45) is 0 Å². The zero-order valence-electron chi connectivity index (χ0n) is 8.93. The Morgan fingerprint density at radius 2 is 2.00 bits per heavy atom. The van der Waals surface area contributed by atoms with Crippen molar-refractivity contribution >= 4 is 0 Å². The Hall–Kier alpha value is -0.960. The first-order valence-electron chi connectivity index (χ1n) is 5.29. The van der Waals surface area contributed by atoms with Gasteiger partial charge in [0.05, 0.1) is 0 Å². The number of hydrogen-bond donors (Lipinski definition) is 1. The molecule has 0 aromatic heterocycles. The molecule has 1 fully saturated rings. The third kappa shape index (κ3) is 2.02. The van der Waals surface area contributed by atoms with Crippen LogP contribution in [0.15, 0.2) is 18.2 Å². The molecule has 15 heavy (non-hydrogen) atoms. The van der Waals surface area contributed by atoms with E-state index in [0.29, 0.717) is 11.6 Å². The highest BCUT2D eigenvalue weighted by molar-refractivity contribution is 5.25. The Morgan fingerprint density at radius 1 is 1.27 bits per heavy atom. The Morgan fingerprint density at radius 3 is 2.53 bits per heavy atom. The van der Waals surface area contributed by atoms with Crippen LogP contribution in [0.3, 0.4) is 0 Å². The molecule has 2 rings (SSSR count). The van der Waals surface area contributed by atoms with Gasteiger partial charge in [-0.1, -0.05) is 6.07 Å². The van der Waals surface area contributed by atoms with Crippen LogP contribution in [0.4, 0.5) is 8.78 Å². The zero-order chi connectivity index (χ0) is 11.0. The number of benzene rings is 1. The quantitative estimate of drug-likeness (QED) is 0.753. The van der Waals surface area contributed by atoms with Crippen molar-refractivity contribution in [3.05, 3.63) is 35.4 Å². The first-order chi connectivity index (χ1) is 7.08. The van der Waals surface area contributed by atoms with Crippen LogP contribution in [0.1, 0.15) is 31.7 Å². The van der Waals surface area contributed by atoms with Crippen LogP contribution < -0.4 is 5.32 Å². The van der Waals surface area contributed by atoms with Gasteiger partial charge in [0.1, 0.15) is 11.6 Å². The molecule has 0 spiro atoms. The molecule has 0 bridgehead atoms. The molecule has 0 saturated carbocycles. The molecule has 1 aliphatic rings. The molecule has 0 amide bonds. The van der Waals surface area contributed by atoms with Crippen LogP contribution in [0, 0.1) is 11.6 Å². The van der Waals surface area contributed by atoms with Gasteiger partial charge in [0.25, 0.3) is 0 Å². The molecular formula is C12H15F2N. The van der Waals surface area contributed by atoms with E-state index in [4.69, 9.17) is 0 Å². The van der Waals surface area contributed by atoms with E-state index < -0.39 is 11.6 Å². The summed E-state index contributed by atoms with van der Waals surface area (Å²) in [6.07, 6.45) is 0.906. The fourth-order valence-corrected chi connectivity index (χ4v) is 2.42. The van der Waals surface area contributed by atoms with Crippen LogP contribution in [0.25, 0.3) is 0 Å². The molecular weight excluding hydrogens is 196 g/mol. The van der Waals surface area contributed by atoms with Gasteiger partial charge in [0, 0.05) is 24.1 Å². The minimum Gasteiger partial charge on any atom is -0.311 e. The molecule has 1 aromatic carbocycles. The number of halogens is 2. The second-order valence-corrected chi connectivity index (χ2v) is 4.36. The maximum absolute atomic E-state index is 13.5. The lowest BCUT2D eigenvalue weighted by molar-refractivity contribution is 0.529. The van der Waals surface area contributed by atoms with Gasteiger partial charge in [0.15, 0.2) is 0 Å². The molecule has 82 valence electrons. The SMILES string of the molecule is CC1CC(c2ccc(F)cc2F)C(C)N1. The molecule has 1 nitrogen and oxygen atoms in total. The minimum atomic E-state index is -0.511. The topological polar surface area (TPSA) is 12.0 Å². The van der Waals surface area contributed by atoms with Crippen molar-refractivity contribution in [1.82, 2.24) is 5.32 Å².